The highest BCUT2D eigenvalue weighted by Crippen LogP contribution is 2.37. The fourth-order valence-electron chi connectivity index (χ4n) is 4.41. The Bertz CT molecular complexity index is 906. The van der Waals surface area contributed by atoms with Crippen molar-refractivity contribution in [3.8, 4) is 0 Å². The summed E-state index contributed by atoms with van der Waals surface area (Å²) in [5.74, 6) is -1.04. The molecule has 0 spiro atoms. The molecule has 2 atom stereocenters. The molecule has 6 heteroatoms. The number of fused-ring (bicyclic) bond motifs is 2. The van der Waals surface area contributed by atoms with Gasteiger partial charge in [0.25, 0.3) is 0 Å². The lowest BCUT2D eigenvalue weighted by atomic mass is 9.81. The lowest BCUT2D eigenvalue weighted by molar-refractivity contribution is -0.143. The number of nitrogens with one attached hydrogen (secondary N) is 2. The number of hydrogen-bond donors (Lipinski definition) is 2. The van der Waals surface area contributed by atoms with Gasteiger partial charge in [0.15, 0.2) is 0 Å². The number of rotatable bonds is 4. The number of nitrogens with zero attached hydrogens (tertiary/aromatic N) is 1. The second-order valence-corrected chi connectivity index (χ2v) is 7.79. The summed E-state index contributed by atoms with van der Waals surface area (Å²) in [5.41, 5.74) is 4.41. The molecule has 1 aliphatic carbocycles. The molecule has 2 N–H and O–H groups in total. The quantitative estimate of drug-likeness (QED) is 0.815. The molecule has 2 aliphatic rings. The van der Waals surface area contributed by atoms with Gasteiger partial charge in [-0.2, -0.15) is 0 Å². The van der Waals surface area contributed by atoms with Crippen molar-refractivity contribution in [1.29, 1.82) is 0 Å². The molecule has 2 aromatic rings. The number of imide groups is 1. The van der Waals surface area contributed by atoms with Crippen LogP contribution in [0.2, 0.25) is 0 Å². The maximum atomic E-state index is 12.5. The number of aryl methyl sites for hydroxylation is 2. The zero-order chi connectivity index (χ0) is 19.1. The predicted octanol–water partition coefficient (Wildman–Crippen LogP) is 2.58. The average molecular weight is 367 g/mol. The van der Waals surface area contributed by atoms with Gasteiger partial charge in [0.2, 0.25) is 17.7 Å². The van der Waals surface area contributed by atoms with Crippen molar-refractivity contribution in [3.05, 3.63) is 35.0 Å². The van der Waals surface area contributed by atoms with Crippen molar-refractivity contribution in [2.75, 3.05) is 6.54 Å². The molecule has 1 aromatic carbocycles. The number of carbonyl (C=O) groups is 3. The van der Waals surface area contributed by atoms with Crippen molar-refractivity contribution >= 4 is 28.6 Å². The first-order chi connectivity index (χ1) is 13.0. The Hall–Kier alpha value is -2.63. The van der Waals surface area contributed by atoms with Crippen LogP contribution in [0.15, 0.2) is 18.2 Å². The molecule has 6 nitrogen and oxygen atoms in total. The van der Waals surface area contributed by atoms with Crippen LogP contribution >= 0.6 is 0 Å². The van der Waals surface area contributed by atoms with E-state index in [4.69, 9.17) is 0 Å². The zero-order valence-corrected chi connectivity index (χ0v) is 15.8. The molecule has 2 fully saturated rings. The first kappa shape index (κ1) is 17.8. The van der Waals surface area contributed by atoms with Gasteiger partial charge in [0, 0.05) is 23.1 Å². The van der Waals surface area contributed by atoms with Crippen molar-refractivity contribution < 1.29 is 14.4 Å². The van der Waals surface area contributed by atoms with Gasteiger partial charge in [0.1, 0.15) is 6.54 Å². The average Bonchev–Trinajstić information content (AvgIpc) is 3.09. The third-order valence-electron chi connectivity index (χ3n) is 6.10. The third kappa shape index (κ3) is 3.13. The van der Waals surface area contributed by atoms with Crippen molar-refractivity contribution in [1.82, 2.24) is 15.2 Å². The Balaban J connectivity index is 1.39. The highest BCUT2D eigenvalue weighted by Gasteiger charge is 2.48. The van der Waals surface area contributed by atoms with Crippen LogP contribution in [-0.4, -0.2) is 34.2 Å². The summed E-state index contributed by atoms with van der Waals surface area (Å²) in [7, 11) is 0. The van der Waals surface area contributed by atoms with Crippen LogP contribution in [0, 0.1) is 25.7 Å². The monoisotopic (exact) mass is 367 g/mol. The van der Waals surface area contributed by atoms with Gasteiger partial charge in [-0.1, -0.05) is 18.9 Å². The van der Waals surface area contributed by atoms with Crippen molar-refractivity contribution in [2.24, 2.45) is 11.8 Å². The molecule has 2 heterocycles. The van der Waals surface area contributed by atoms with E-state index < -0.39 is 0 Å². The number of benzene rings is 1. The molecule has 142 valence electrons. The molecule has 1 aromatic heterocycles. The second-order valence-electron chi connectivity index (χ2n) is 7.79. The summed E-state index contributed by atoms with van der Waals surface area (Å²) < 4.78 is 0. The van der Waals surface area contributed by atoms with Crippen LogP contribution in [0.25, 0.3) is 10.9 Å². The largest absolute Gasteiger partial charge is 0.358 e. The molecular formula is C21H25N3O3. The maximum Gasteiger partial charge on any atom is 0.240 e. The van der Waals surface area contributed by atoms with Gasteiger partial charge in [-0.25, -0.2) is 0 Å². The SMILES string of the molecule is Cc1[nH]c2ccc(CNC(=O)CN3C(=O)[C@H]4CCCC[C@H]4C3=O)cc2c1C. The number of carbonyl (C=O) groups excluding carboxylic acids is 3. The van der Waals surface area contributed by atoms with E-state index in [0.29, 0.717) is 6.54 Å². The van der Waals surface area contributed by atoms with Gasteiger partial charge in [-0.3, -0.25) is 19.3 Å². The molecular weight excluding hydrogens is 342 g/mol. The fourth-order valence-corrected chi connectivity index (χ4v) is 4.41. The Labute approximate surface area is 158 Å². The highest BCUT2D eigenvalue weighted by molar-refractivity contribution is 6.07. The van der Waals surface area contributed by atoms with E-state index in [9.17, 15) is 14.4 Å². The molecule has 1 saturated heterocycles. The summed E-state index contributed by atoms with van der Waals surface area (Å²) in [5, 5.41) is 3.99. The second kappa shape index (κ2) is 6.83. The van der Waals surface area contributed by atoms with E-state index in [-0.39, 0.29) is 36.1 Å². The van der Waals surface area contributed by atoms with Crippen molar-refractivity contribution in [3.63, 3.8) is 0 Å². The Morgan fingerprint density at radius 2 is 1.81 bits per heavy atom. The number of likely N-dealkylation sites (tertiary alicyclic amines) is 1. The van der Waals surface area contributed by atoms with E-state index in [1.54, 1.807) is 0 Å². The smallest absolute Gasteiger partial charge is 0.240 e. The molecule has 1 aliphatic heterocycles. The van der Waals surface area contributed by atoms with E-state index in [0.717, 1.165) is 47.8 Å². The zero-order valence-electron chi connectivity index (χ0n) is 15.8. The number of amides is 3. The first-order valence-electron chi connectivity index (χ1n) is 9.65. The standard InChI is InChI=1S/C21H25N3O3/c1-12-13(2)23-18-8-7-14(9-17(12)18)10-22-19(25)11-24-20(26)15-5-3-4-6-16(15)21(24)27/h7-9,15-16,23H,3-6,10-11H2,1-2H3,(H,22,25)/t15-,16+. The lowest BCUT2D eigenvalue weighted by Gasteiger charge is -2.19. The summed E-state index contributed by atoms with van der Waals surface area (Å²) in [6.45, 7) is 4.32. The van der Waals surface area contributed by atoms with Crippen LogP contribution in [-0.2, 0) is 20.9 Å². The highest BCUT2D eigenvalue weighted by atomic mass is 16.2. The van der Waals surface area contributed by atoms with Gasteiger partial charge in [0.05, 0.1) is 11.8 Å². The van der Waals surface area contributed by atoms with Crippen LogP contribution in [0.5, 0.6) is 0 Å². The van der Waals surface area contributed by atoms with E-state index >= 15 is 0 Å². The minimum atomic E-state index is -0.294. The van der Waals surface area contributed by atoms with Gasteiger partial charge in [-0.15, -0.1) is 0 Å². The number of aromatic nitrogens is 1. The normalized spacial score (nSPS) is 22.4. The Morgan fingerprint density at radius 1 is 1.15 bits per heavy atom. The van der Waals surface area contributed by atoms with Crippen LogP contribution < -0.4 is 5.32 Å². The predicted molar refractivity (Wildman–Crippen MR) is 102 cm³/mol. The van der Waals surface area contributed by atoms with Gasteiger partial charge >= 0.3 is 0 Å². The molecule has 1 saturated carbocycles. The summed E-state index contributed by atoms with van der Waals surface area (Å²) in [4.78, 5) is 41.8. The molecule has 3 amide bonds. The van der Waals surface area contributed by atoms with Crippen LogP contribution in [0.3, 0.4) is 0 Å². The summed E-state index contributed by atoms with van der Waals surface area (Å²) >= 11 is 0. The minimum absolute atomic E-state index is 0.167. The lowest BCUT2D eigenvalue weighted by Crippen LogP contribution is -2.40. The number of H-pyrrole nitrogens is 1. The fraction of sp³-hybridized carbons (Fsp3) is 0.476. The third-order valence-corrected chi connectivity index (χ3v) is 6.10. The molecule has 27 heavy (non-hydrogen) atoms. The number of hydrogen-bond acceptors (Lipinski definition) is 3. The number of aromatic amines is 1. The molecule has 0 unspecified atom stereocenters. The van der Waals surface area contributed by atoms with E-state index in [1.165, 1.54) is 10.5 Å². The van der Waals surface area contributed by atoms with Gasteiger partial charge in [-0.05, 0) is 49.9 Å². The van der Waals surface area contributed by atoms with Crippen molar-refractivity contribution in [2.45, 2.75) is 46.1 Å². The van der Waals surface area contributed by atoms with E-state index in [1.807, 2.05) is 19.1 Å². The topological polar surface area (TPSA) is 82.3 Å². The molecule has 0 bridgehead atoms. The first-order valence-corrected chi connectivity index (χ1v) is 9.65. The van der Waals surface area contributed by atoms with Gasteiger partial charge < -0.3 is 10.3 Å². The van der Waals surface area contributed by atoms with E-state index in [2.05, 4.69) is 23.3 Å². The summed E-state index contributed by atoms with van der Waals surface area (Å²) in [6, 6.07) is 6.04. The van der Waals surface area contributed by atoms with Crippen LogP contribution in [0.4, 0.5) is 0 Å². The summed E-state index contributed by atoms with van der Waals surface area (Å²) in [6.07, 6.45) is 3.51. The Morgan fingerprint density at radius 3 is 2.48 bits per heavy atom. The maximum absolute atomic E-state index is 12.5. The minimum Gasteiger partial charge on any atom is -0.358 e. The van der Waals surface area contributed by atoms with Crippen LogP contribution in [0.1, 0.15) is 42.5 Å². The molecule has 0 radical (unpaired) electrons. The molecule has 4 rings (SSSR count). The Kier molecular flexibility index (Phi) is 4.50.